The number of pyridine rings is 1. The Morgan fingerprint density at radius 2 is 2.15 bits per heavy atom. The first kappa shape index (κ1) is 10.3. The highest BCUT2D eigenvalue weighted by atomic mass is 127. The Labute approximate surface area is 85.9 Å². The predicted octanol–water partition coefficient (Wildman–Crippen LogP) is 2.32. The first-order chi connectivity index (χ1) is 6.04. The van der Waals surface area contributed by atoms with E-state index in [0.29, 0.717) is 0 Å². The van der Waals surface area contributed by atoms with Crippen molar-refractivity contribution in [2.45, 2.75) is 6.43 Å². The van der Waals surface area contributed by atoms with Gasteiger partial charge in [0.25, 0.3) is 6.43 Å². The third kappa shape index (κ3) is 2.11. The Morgan fingerprint density at radius 3 is 2.54 bits per heavy atom. The SMILES string of the molecule is O=C(O)c1c(I)cncc1C(F)F. The summed E-state index contributed by atoms with van der Waals surface area (Å²) in [7, 11) is 0. The van der Waals surface area contributed by atoms with E-state index in [1.54, 1.807) is 22.6 Å². The molecule has 13 heavy (non-hydrogen) atoms. The van der Waals surface area contributed by atoms with Crippen molar-refractivity contribution in [1.82, 2.24) is 4.98 Å². The van der Waals surface area contributed by atoms with Gasteiger partial charge in [0.15, 0.2) is 0 Å². The number of aromatic carboxylic acids is 1. The molecule has 0 radical (unpaired) electrons. The Balaban J connectivity index is 3.34. The van der Waals surface area contributed by atoms with E-state index < -0.39 is 18.0 Å². The van der Waals surface area contributed by atoms with Crippen LogP contribution in [0.5, 0.6) is 0 Å². The number of hydrogen-bond donors (Lipinski definition) is 1. The number of carboxylic acids is 1. The van der Waals surface area contributed by atoms with Crippen molar-refractivity contribution in [3.05, 3.63) is 27.1 Å². The van der Waals surface area contributed by atoms with E-state index >= 15 is 0 Å². The van der Waals surface area contributed by atoms with Crippen molar-refractivity contribution in [2.24, 2.45) is 0 Å². The standard InChI is InChI=1S/C7H4F2INO2/c8-6(9)3-1-11-2-4(10)5(3)7(12)13/h1-2,6H,(H,12,13). The zero-order chi connectivity index (χ0) is 10.0. The van der Waals surface area contributed by atoms with Crippen molar-refractivity contribution in [3.8, 4) is 0 Å². The maximum atomic E-state index is 12.3. The van der Waals surface area contributed by atoms with E-state index in [4.69, 9.17) is 5.11 Å². The Hall–Kier alpha value is -0.790. The molecule has 0 spiro atoms. The molecular weight excluding hydrogens is 295 g/mol. The lowest BCUT2D eigenvalue weighted by Gasteiger charge is -2.05. The van der Waals surface area contributed by atoms with E-state index in [2.05, 4.69) is 4.98 Å². The van der Waals surface area contributed by atoms with Crippen molar-refractivity contribution >= 4 is 28.6 Å². The van der Waals surface area contributed by atoms with Gasteiger partial charge in [0.05, 0.1) is 11.1 Å². The number of carboxylic acid groups (broad SMARTS) is 1. The fourth-order valence-corrected chi connectivity index (χ4v) is 1.54. The molecule has 1 aromatic heterocycles. The summed E-state index contributed by atoms with van der Waals surface area (Å²) in [6.07, 6.45) is -0.708. The van der Waals surface area contributed by atoms with Crippen LogP contribution < -0.4 is 0 Å². The van der Waals surface area contributed by atoms with Crippen molar-refractivity contribution in [2.75, 3.05) is 0 Å². The van der Waals surface area contributed by atoms with Crippen LogP contribution in [0.1, 0.15) is 22.3 Å². The fraction of sp³-hybridized carbons (Fsp3) is 0.143. The van der Waals surface area contributed by atoms with Crippen LogP contribution in [0.3, 0.4) is 0 Å². The van der Waals surface area contributed by atoms with Gasteiger partial charge in [-0.2, -0.15) is 0 Å². The van der Waals surface area contributed by atoms with Crippen LogP contribution in [-0.4, -0.2) is 16.1 Å². The van der Waals surface area contributed by atoms with Crippen LogP contribution >= 0.6 is 22.6 Å². The Kier molecular flexibility index (Phi) is 3.12. The highest BCUT2D eigenvalue weighted by Crippen LogP contribution is 2.25. The molecule has 0 fully saturated rings. The molecule has 1 N–H and O–H groups in total. The van der Waals surface area contributed by atoms with Crippen LogP contribution in [0.2, 0.25) is 0 Å². The molecule has 70 valence electrons. The average molecular weight is 299 g/mol. The number of alkyl halides is 2. The quantitative estimate of drug-likeness (QED) is 0.853. The molecule has 0 bridgehead atoms. The average Bonchev–Trinajstić information content (AvgIpc) is 2.02. The monoisotopic (exact) mass is 299 g/mol. The number of carbonyl (C=O) groups is 1. The highest BCUT2D eigenvalue weighted by Gasteiger charge is 2.20. The van der Waals surface area contributed by atoms with Gasteiger partial charge in [0.1, 0.15) is 0 Å². The van der Waals surface area contributed by atoms with Crippen molar-refractivity contribution in [1.29, 1.82) is 0 Å². The minimum Gasteiger partial charge on any atom is -0.478 e. The number of aromatic nitrogens is 1. The van der Waals surface area contributed by atoms with Crippen LogP contribution in [0, 0.1) is 3.57 Å². The van der Waals surface area contributed by atoms with Gasteiger partial charge in [-0.3, -0.25) is 4.98 Å². The summed E-state index contributed by atoms with van der Waals surface area (Å²) in [5.74, 6) is -1.36. The first-order valence-corrected chi connectivity index (χ1v) is 4.26. The maximum Gasteiger partial charge on any atom is 0.337 e. The van der Waals surface area contributed by atoms with Gasteiger partial charge >= 0.3 is 5.97 Å². The second kappa shape index (κ2) is 3.95. The minimum atomic E-state index is -2.81. The lowest BCUT2D eigenvalue weighted by molar-refractivity contribution is 0.0683. The van der Waals surface area contributed by atoms with Gasteiger partial charge < -0.3 is 5.11 Å². The molecule has 0 aliphatic rings. The number of nitrogens with zero attached hydrogens (tertiary/aromatic N) is 1. The molecule has 0 unspecified atom stereocenters. The molecule has 3 nitrogen and oxygen atoms in total. The first-order valence-electron chi connectivity index (χ1n) is 3.19. The molecule has 6 heteroatoms. The Bertz CT molecular complexity index is 343. The van der Waals surface area contributed by atoms with E-state index in [-0.39, 0.29) is 9.13 Å². The van der Waals surface area contributed by atoms with Crippen molar-refractivity contribution < 1.29 is 18.7 Å². The third-order valence-corrected chi connectivity index (χ3v) is 2.20. The van der Waals surface area contributed by atoms with E-state index in [0.717, 1.165) is 6.20 Å². The van der Waals surface area contributed by atoms with Gasteiger partial charge in [-0.15, -0.1) is 0 Å². The van der Waals surface area contributed by atoms with E-state index in [1.165, 1.54) is 6.20 Å². The van der Waals surface area contributed by atoms with Gasteiger partial charge in [-0.1, -0.05) is 0 Å². The zero-order valence-electron chi connectivity index (χ0n) is 6.17. The number of hydrogen-bond acceptors (Lipinski definition) is 2. The zero-order valence-corrected chi connectivity index (χ0v) is 8.33. The summed E-state index contributed by atoms with van der Waals surface area (Å²) in [5.41, 5.74) is -0.912. The summed E-state index contributed by atoms with van der Waals surface area (Å²) in [4.78, 5) is 14.1. The largest absolute Gasteiger partial charge is 0.478 e. The van der Waals surface area contributed by atoms with Crippen LogP contribution in [0.25, 0.3) is 0 Å². The highest BCUT2D eigenvalue weighted by molar-refractivity contribution is 14.1. The molecule has 0 aromatic carbocycles. The predicted molar refractivity (Wildman–Crippen MR) is 48.9 cm³/mol. The molecule has 0 aliphatic heterocycles. The van der Waals surface area contributed by atoms with Gasteiger partial charge in [-0.25, -0.2) is 13.6 Å². The molecule has 0 aliphatic carbocycles. The smallest absolute Gasteiger partial charge is 0.337 e. The fourth-order valence-electron chi connectivity index (χ4n) is 0.841. The summed E-state index contributed by atoms with van der Waals surface area (Å²) >= 11 is 1.66. The normalized spacial score (nSPS) is 10.5. The molecular formula is C7H4F2INO2. The third-order valence-electron chi connectivity index (χ3n) is 1.38. The lowest BCUT2D eigenvalue weighted by atomic mass is 10.1. The molecule has 0 atom stereocenters. The van der Waals surface area contributed by atoms with Gasteiger partial charge in [-0.05, 0) is 22.6 Å². The van der Waals surface area contributed by atoms with E-state index in [9.17, 15) is 13.6 Å². The lowest BCUT2D eigenvalue weighted by Crippen LogP contribution is -2.06. The van der Waals surface area contributed by atoms with Crippen LogP contribution in [0.15, 0.2) is 12.4 Å². The Morgan fingerprint density at radius 1 is 1.54 bits per heavy atom. The number of rotatable bonds is 2. The number of halogens is 3. The second-order valence-corrected chi connectivity index (χ2v) is 3.35. The molecule has 1 heterocycles. The molecule has 0 amide bonds. The van der Waals surface area contributed by atoms with Crippen molar-refractivity contribution in [3.63, 3.8) is 0 Å². The second-order valence-electron chi connectivity index (χ2n) is 2.19. The topological polar surface area (TPSA) is 50.2 Å². The summed E-state index contributed by atoms with van der Waals surface area (Å²) in [6, 6.07) is 0. The summed E-state index contributed by atoms with van der Waals surface area (Å²) in [6.45, 7) is 0. The van der Waals surface area contributed by atoms with Crippen LogP contribution in [-0.2, 0) is 0 Å². The molecule has 1 aromatic rings. The van der Waals surface area contributed by atoms with Gasteiger partial charge in [0.2, 0.25) is 0 Å². The molecule has 0 saturated carbocycles. The molecule has 1 rings (SSSR count). The molecule has 0 saturated heterocycles. The van der Waals surface area contributed by atoms with Gasteiger partial charge in [0, 0.05) is 16.0 Å². The summed E-state index contributed by atoms with van der Waals surface area (Å²) < 4.78 is 24.7. The van der Waals surface area contributed by atoms with Crippen LogP contribution in [0.4, 0.5) is 8.78 Å². The summed E-state index contributed by atoms with van der Waals surface area (Å²) in [5, 5.41) is 8.63. The minimum absolute atomic E-state index is 0.211. The maximum absolute atomic E-state index is 12.3. The van der Waals surface area contributed by atoms with E-state index in [1.807, 2.05) is 0 Å².